The normalized spacial score (nSPS) is 25.6. The Morgan fingerprint density at radius 1 is 0.359 bits per heavy atom. The van der Waals surface area contributed by atoms with Crippen molar-refractivity contribution in [2.75, 3.05) is 26.4 Å². The zero-order valence-corrected chi connectivity index (χ0v) is 82.6. The molecule has 11 aromatic rings. The van der Waals surface area contributed by atoms with Crippen LogP contribution in [-0.2, 0) is 123 Å². The molecular formula is C111H107ClN6O25SSi. The van der Waals surface area contributed by atoms with Crippen LogP contribution in [0.4, 0.5) is 0 Å². The summed E-state index contributed by atoms with van der Waals surface area (Å²) in [6, 6.07) is 82.3. The SMILES string of the molecule is CC(=O)O[C@H]1[C@H](O[C@@H]2O[C@H](COCc3ccccc3)[C@@H](O[C@@H]3O[C@H](COCc4ccccc4)[C@@H](O[C@@H]4O[C@H](COCc5ccccc5)[C@@H](OCc5ccccc5)[C@H](OCc5ccccc5)[C@H]4N=[N+]=[N-])[C@H](OC(C)=O)[C@H]3N3C(=O)c4ccccc4C3=O)[C@H](OC(C)=O)[C@H]2N2C(=O)c3ccccc3C2=O)[C@@H](CO[Si](c2ccccc2)(c2ccccc2)C(C)(C)C)O[C@@H](Sc2ccc(Cl)cc2)[C@@H]1N1C(=O)c2ccccc2C1=O. The molecule has 0 bridgehead atoms. The van der Waals surface area contributed by atoms with E-state index in [1.165, 1.54) is 48.5 Å². The highest BCUT2D eigenvalue weighted by molar-refractivity contribution is 7.99. The Morgan fingerprint density at radius 2 is 0.648 bits per heavy atom. The number of carbonyl (C=O) groups excluding carboxylic acids is 9. The topological polar surface area (TPSA) is 360 Å². The van der Waals surface area contributed by atoms with Crippen molar-refractivity contribution in [1.29, 1.82) is 0 Å². The number of hydrogen-bond donors (Lipinski definition) is 0. The lowest BCUT2D eigenvalue weighted by atomic mass is 9.91. The molecule has 31 nitrogen and oxygen atoms in total. The van der Waals surface area contributed by atoms with Crippen LogP contribution in [0.1, 0.15) is 132 Å². The average molecular weight is 2020 g/mol. The maximum Gasteiger partial charge on any atom is 0.303 e. The summed E-state index contributed by atoms with van der Waals surface area (Å²) in [5.74, 6) is -8.65. The lowest BCUT2D eigenvalue weighted by molar-refractivity contribution is -0.368. The molecule has 145 heavy (non-hydrogen) atoms. The first kappa shape index (κ1) is 102. The number of azide groups is 1. The number of nitrogens with zero attached hydrogens (tertiary/aromatic N) is 6. The molecule has 748 valence electrons. The van der Waals surface area contributed by atoms with Gasteiger partial charge in [-0.15, -0.1) is 0 Å². The third-order valence-corrected chi connectivity index (χ3v) is 32.9. The Kier molecular flexibility index (Phi) is 32.4. The van der Waals surface area contributed by atoms with E-state index in [0.29, 0.717) is 26.6 Å². The minimum atomic E-state index is -3.78. The maximum absolute atomic E-state index is 16.3. The number of halogens is 1. The molecule has 4 fully saturated rings. The zero-order chi connectivity index (χ0) is 101. The van der Waals surface area contributed by atoms with Crippen molar-refractivity contribution < 1.29 is 119 Å². The van der Waals surface area contributed by atoms with E-state index in [-0.39, 0.29) is 73.0 Å². The number of ether oxygens (including phenoxy) is 15. The third-order valence-electron chi connectivity index (χ3n) is 26.5. The fraction of sp³-hybridized carbons (Fsp3) is 0.324. The van der Waals surface area contributed by atoms with Crippen molar-refractivity contribution >= 4 is 95.4 Å². The van der Waals surface area contributed by atoms with E-state index in [1.54, 1.807) is 91.0 Å². The van der Waals surface area contributed by atoms with Crippen LogP contribution in [0.15, 0.2) is 319 Å². The number of amides is 6. The molecule has 0 N–H and O–H groups in total. The van der Waals surface area contributed by atoms with Crippen LogP contribution in [0.2, 0.25) is 10.1 Å². The second-order valence-corrected chi connectivity index (χ2v) is 42.9. The Bertz CT molecular complexity index is 6330. The lowest BCUT2D eigenvalue weighted by Crippen LogP contribution is -2.73. The number of esters is 3. The number of fused-ring (bicyclic) bond motifs is 3. The van der Waals surface area contributed by atoms with E-state index in [1.807, 2.05) is 170 Å². The molecule has 7 aliphatic rings. The largest absolute Gasteiger partial charge is 0.457 e. The van der Waals surface area contributed by atoms with E-state index >= 15 is 33.6 Å². The summed E-state index contributed by atoms with van der Waals surface area (Å²) in [7, 11) is -3.78. The molecule has 7 heterocycles. The first-order valence-corrected chi connectivity index (χ1v) is 51.0. The molecule has 0 aromatic heterocycles. The second kappa shape index (κ2) is 46.1. The van der Waals surface area contributed by atoms with Gasteiger partial charge in [0.1, 0.15) is 84.5 Å². The third kappa shape index (κ3) is 22.4. The summed E-state index contributed by atoms with van der Waals surface area (Å²) < 4.78 is 115. The molecule has 11 aromatic carbocycles. The van der Waals surface area contributed by atoms with Crippen LogP contribution >= 0.6 is 23.4 Å². The van der Waals surface area contributed by atoms with Crippen LogP contribution in [0.25, 0.3) is 10.4 Å². The number of hydrogen-bond acceptors (Lipinski definition) is 27. The minimum absolute atomic E-state index is 0.00165. The number of carbonyl (C=O) groups is 9. The number of rotatable bonds is 38. The van der Waals surface area contributed by atoms with Crippen molar-refractivity contribution in [2.24, 2.45) is 5.11 Å². The predicted molar refractivity (Wildman–Crippen MR) is 530 cm³/mol. The lowest BCUT2D eigenvalue weighted by Gasteiger charge is -2.54. The van der Waals surface area contributed by atoms with Crippen molar-refractivity contribution in [2.45, 2.75) is 206 Å². The smallest absolute Gasteiger partial charge is 0.303 e. The number of thioether (sulfide) groups is 1. The summed E-state index contributed by atoms with van der Waals surface area (Å²) in [5.41, 5.74) is 12.6. The van der Waals surface area contributed by atoms with Gasteiger partial charge in [-0.1, -0.05) is 298 Å². The second-order valence-electron chi connectivity index (χ2n) is 37.0. The van der Waals surface area contributed by atoms with Gasteiger partial charge in [0, 0.05) is 35.6 Å². The summed E-state index contributed by atoms with van der Waals surface area (Å²) in [4.78, 5) is 148. The highest BCUT2D eigenvalue weighted by Crippen LogP contribution is 2.48. The van der Waals surface area contributed by atoms with Gasteiger partial charge < -0.3 is 75.5 Å². The molecule has 0 radical (unpaired) electrons. The summed E-state index contributed by atoms with van der Waals surface area (Å²) in [5, 5.41) is 5.67. The van der Waals surface area contributed by atoms with E-state index in [9.17, 15) is 15.1 Å². The van der Waals surface area contributed by atoms with Crippen molar-refractivity contribution in [1.82, 2.24) is 14.7 Å². The Hall–Kier alpha value is -13.1. The van der Waals surface area contributed by atoms with Gasteiger partial charge in [0.25, 0.3) is 43.8 Å². The highest BCUT2D eigenvalue weighted by atomic mass is 35.5. The molecular weight excluding hydrogens is 1910 g/mol. The molecule has 4 saturated heterocycles. The first-order valence-electron chi connectivity index (χ1n) is 47.8. The Labute approximate surface area is 847 Å². The fourth-order valence-electron chi connectivity index (χ4n) is 20.0. The molecule has 18 rings (SSSR count). The molecule has 20 atom stereocenters. The van der Waals surface area contributed by atoms with E-state index < -0.39 is 208 Å². The Balaban J connectivity index is 0.814. The zero-order valence-electron chi connectivity index (χ0n) is 80.0. The van der Waals surface area contributed by atoms with E-state index in [0.717, 1.165) is 68.7 Å². The van der Waals surface area contributed by atoms with Gasteiger partial charge in [-0.3, -0.25) is 57.9 Å². The van der Waals surface area contributed by atoms with Crippen molar-refractivity contribution in [3.63, 3.8) is 0 Å². The van der Waals surface area contributed by atoms with Gasteiger partial charge >= 0.3 is 17.9 Å². The van der Waals surface area contributed by atoms with Crippen LogP contribution in [0.5, 0.6) is 0 Å². The first-order chi connectivity index (χ1) is 70.4. The summed E-state index contributed by atoms with van der Waals surface area (Å²) >= 11 is 7.68. The van der Waals surface area contributed by atoms with E-state index in [4.69, 9.17) is 87.1 Å². The highest BCUT2D eigenvalue weighted by Gasteiger charge is 2.66. The van der Waals surface area contributed by atoms with Crippen LogP contribution < -0.4 is 10.4 Å². The molecule has 0 unspecified atom stereocenters. The minimum Gasteiger partial charge on any atom is -0.457 e. The van der Waals surface area contributed by atoms with Crippen molar-refractivity contribution in [3.8, 4) is 0 Å². The summed E-state index contributed by atoms with van der Waals surface area (Å²) in [6.07, 6.45) is -26.9. The monoisotopic (exact) mass is 2020 g/mol. The molecule has 7 aliphatic heterocycles. The fourth-order valence-corrected chi connectivity index (χ4v) is 25.9. The van der Waals surface area contributed by atoms with Gasteiger partial charge in [0.15, 0.2) is 37.2 Å². The van der Waals surface area contributed by atoms with Crippen LogP contribution in [0, 0.1) is 0 Å². The number of imide groups is 3. The quantitative estimate of drug-likeness (QED) is 0.00659. The van der Waals surface area contributed by atoms with Gasteiger partial charge in [-0.2, -0.15) is 0 Å². The van der Waals surface area contributed by atoms with Crippen LogP contribution in [0.3, 0.4) is 0 Å². The van der Waals surface area contributed by atoms with Gasteiger partial charge in [-0.25, -0.2) is 0 Å². The maximum atomic E-state index is 16.3. The summed E-state index contributed by atoms with van der Waals surface area (Å²) in [6.45, 7) is 7.14. The van der Waals surface area contributed by atoms with Crippen LogP contribution in [-0.4, -0.2) is 225 Å². The Morgan fingerprint density at radius 3 is 0.986 bits per heavy atom. The molecule has 6 amide bonds. The number of benzene rings is 11. The predicted octanol–water partition coefficient (Wildman–Crippen LogP) is 15.4. The van der Waals surface area contributed by atoms with E-state index in [2.05, 4.69) is 30.8 Å². The molecule has 0 aliphatic carbocycles. The standard InChI is InChI=1S/C111H107ClN6O25SSi/c1-67(119)134-98-90(116-101(122)79-48-28-29-49-80(79)102(116)123)108(138-86(64-129-59-71-36-16-8-17-37-71)94(98)141-107-89(114-115-113)97(132-62-74-42-22-11-23-43-74)93(131-61-73-40-20-10-21-41-73)85(137-107)63-128-58-70-34-14-7-15-35-70)142-95-87(65-130-60-72-38-18-9-19-39-72)139-109(91(99(95)135-68(2)120)117-103(124)81-50-30-31-51-82(81)104(117)125)143-96-88(66-133-145(111(4,5)6,77-44-24-12-25-45-77)78-46-26-13-27-47-78)140-110(144-76-56-54-75(112)55-57-76)92(100(96)136-69(3)121)118-105(126)83-52-32-33-53-84(83)106(118)127/h7-57,85-100,107-110H,58-66H2,1-6H3/t85-,86-,87-,88-,89-,90-,91-,92-,93-,94-,95-,96-,97-,98-,99-,100-,107+,108+,109+,110+/m1/s1. The molecule has 0 spiro atoms. The molecule has 34 heteroatoms. The van der Waals surface area contributed by atoms with Gasteiger partial charge in [-0.05, 0) is 109 Å². The average Bonchev–Trinajstić information content (AvgIpc) is 1.33. The van der Waals surface area contributed by atoms with Gasteiger partial charge in [0.2, 0.25) is 0 Å². The van der Waals surface area contributed by atoms with Crippen molar-refractivity contribution in [3.05, 3.63) is 386 Å². The molecule has 0 saturated carbocycles. The van der Waals surface area contributed by atoms with Gasteiger partial charge in [0.05, 0.1) is 92.8 Å².